The van der Waals surface area contributed by atoms with E-state index < -0.39 is 0 Å². The first-order valence-corrected chi connectivity index (χ1v) is 6.15. The average molecular weight is 245 g/mol. The van der Waals surface area contributed by atoms with Crippen LogP contribution in [-0.4, -0.2) is 35.4 Å². The molecule has 0 bridgehead atoms. The van der Waals surface area contributed by atoms with Crippen molar-refractivity contribution in [3.05, 3.63) is 30.0 Å². The number of nitrogens with one attached hydrogen (secondary N) is 2. The zero-order valence-corrected chi connectivity index (χ0v) is 9.98. The van der Waals surface area contributed by atoms with Crippen molar-refractivity contribution in [2.75, 3.05) is 13.2 Å². The van der Waals surface area contributed by atoms with Crippen LogP contribution in [0.2, 0.25) is 0 Å². The van der Waals surface area contributed by atoms with E-state index >= 15 is 0 Å². The van der Waals surface area contributed by atoms with Crippen LogP contribution in [0.3, 0.4) is 0 Å². The summed E-state index contributed by atoms with van der Waals surface area (Å²) < 4.78 is 5.35. The van der Waals surface area contributed by atoms with E-state index in [1.807, 2.05) is 18.2 Å². The molecule has 94 valence electrons. The number of amides is 1. The second-order valence-electron chi connectivity index (χ2n) is 4.56. The number of hydrogen-bond acceptors (Lipinski definition) is 3. The number of nitrogens with zero attached hydrogens (tertiary/aromatic N) is 1. The Morgan fingerprint density at radius 2 is 2.44 bits per heavy atom. The first kappa shape index (κ1) is 11.2. The molecule has 0 saturated carbocycles. The predicted molar refractivity (Wildman–Crippen MR) is 67.4 cm³/mol. The second kappa shape index (κ2) is 4.78. The van der Waals surface area contributed by atoms with Gasteiger partial charge < -0.3 is 10.1 Å². The minimum Gasteiger partial charge on any atom is -0.379 e. The summed E-state index contributed by atoms with van der Waals surface area (Å²) in [6.07, 6.45) is 3.73. The summed E-state index contributed by atoms with van der Waals surface area (Å²) in [4.78, 5) is 12.1. The third-order valence-corrected chi connectivity index (χ3v) is 3.20. The Balaban J connectivity index is 1.74. The van der Waals surface area contributed by atoms with Gasteiger partial charge in [0.25, 0.3) is 5.91 Å². The van der Waals surface area contributed by atoms with E-state index in [0.29, 0.717) is 12.2 Å². The molecule has 1 aliphatic heterocycles. The molecule has 1 saturated heterocycles. The summed E-state index contributed by atoms with van der Waals surface area (Å²) >= 11 is 0. The van der Waals surface area contributed by atoms with Crippen LogP contribution in [0.4, 0.5) is 0 Å². The van der Waals surface area contributed by atoms with Gasteiger partial charge in [-0.2, -0.15) is 5.10 Å². The normalized spacial score (nSPS) is 19.9. The number of H-pyrrole nitrogens is 1. The van der Waals surface area contributed by atoms with Gasteiger partial charge in [0.1, 0.15) is 0 Å². The molecule has 18 heavy (non-hydrogen) atoms. The van der Waals surface area contributed by atoms with E-state index in [4.69, 9.17) is 4.74 Å². The Labute approximate surface area is 105 Å². The van der Waals surface area contributed by atoms with Gasteiger partial charge in [0.15, 0.2) is 0 Å². The van der Waals surface area contributed by atoms with E-state index in [2.05, 4.69) is 15.5 Å². The Hall–Kier alpha value is -1.88. The van der Waals surface area contributed by atoms with Gasteiger partial charge >= 0.3 is 0 Å². The Morgan fingerprint density at radius 3 is 3.28 bits per heavy atom. The Bertz CT molecular complexity index is 558. The van der Waals surface area contributed by atoms with E-state index in [-0.39, 0.29) is 11.9 Å². The van der Waals surface area contributed by atoms with Crippen molar-refractivity contribution in [2.45, 2.75) is 18.9 Å². The Kier molecular flexibility index (Phi) is 2.98. The highest BCUT2D eigenvalue weighted by Crippen LogP contribution is 2.13. The predicted octanol–water partition coefficient (Wildman–Crippen LogP) is 1.47. The van der Waals surface area contributed by atoms with Gasteiger partial charge in [-0.15, -0.1) is 0 Å². The summed E-state index contributed by atoms with van der Waals surface area (Å²) in [5.41, 5.74) is 1.53. The zero-order chi connectivity index (χ0) is 12.4. The summed E-state index contributed by atoms with van der Waals surface area (Å²) in [6, 6.07) is 5.66. The van der Waals surface area contributed by atoms with Crippen LogP contribution in [0.25, 0.3) is 10.9 Å². The van der Waals surface area contributed by atoms with Crippen molar-refractivity contribution in [1.82, 2.24) is 15.5 Å². The number of ether oxygens (including phenoxy) is 1. The van der Waals surface area contributed by atoms with Gasteiger partial charge in [0, 0.05) is 17.6 Å². The van der Waals surface area contributed by atoms with E-state index in [1.165, 1.54) is 0 Å². The quantitative estimate of drug-likeness (QED) is 0.842. The molecule has 0 radical (unpaired) electrons. The van der Waals surface area contributed by atoms with Crippen molar-refractivity contribution >= 4 is 16.8 Å². The van der Waals surface area contributed by atoms with Crippen LogP contribution >= 0.6 is 0 Å². The monoisotopic (exact) mass is 245 g/mol. The molecule has 0 aliphatic carbocycles. The lowest BCUT2D eigenvalue weighted by Gasteiger charge is -2.23. The van der Waals surface area contributed by atoms with Crippen molar-refractivity contribution in [3.8, 4) is 0 Å². The number of aromatic nitrogens is 2. The molecule has 1 aliphatic rings. The fourth-order valence-corrected chi connectivity index (χ4v) is 2.20. The van der Waals surface area contributed by atoms with Crippen LogP contribution in [-0.2, 0) is 4.74 Å². The topological polar surface area (TPSA) is 67.0 Å². The maximum atomic E-state index is 12.1. The minimum atomic E-state index is -0.0537. The Morgan fingerprint density at radius 1 is 1.50 bits per heavy atom. The SMILES string of the molecule is O=C(NC1CCCOC1)c1ccc2cn[nH]c2c1. The number of carbonyl (C=O) groups is 1. The van der Waals surface area contributed by atoms with E-state index in [1.54, 1.807) is 6.20 Å². The lowest BCUT2D eigenvalue weighted by molar-refractivity contribution is 0.0624. The highest BCUT2D eigenvalue weighted by atomic mass is 16.5. The number of aromatic amines is 1. The van der Waals surface area contributed by atoms with Gasteiger partial charge in [-0.05, 0) is 25.0 Å². The molecule has 1 unspecified atom stereocenters. The van der Waals surface area contributed by atoms with Crippen molar-refractivity contribution in [1.29, 1.82) is 0 Å². The molecule has 5 nitrogen and oxygen atoms in total. The van der Waals surface area contributed by atoms with E-state index in [9.17, 15) is 4.79 Å². The fourth-order valence-electron chi connectivity index (χ4n) is 2.20. The van der Waals surface area contributed by atoms with E-state index in [0.717, 1.165) is 30.4 Å². The number of fused-ring (bicyclic) bond motifs is 1. The lowest BCUT2D eigenvalue weighted by Crippen LogP contribution is -2.40. The minimum absolute atomic E-state index is 0.0537. The molecule has 1 atom stereocenters. The molecule has 1 aromatic heterocycles. The molecule has 1 fully saturated rings. The largest absolute Gasteiger partial charge is 0.379 e. The maximum Gasteiger partial charge on any atom is 0.251 e. The summed E-state index contributed by atoms with van der Waals surface area (Å²) in [5, 5.41) is 10.8. The van der Waals surface area contributed by atoms with Crippen LogP contribution in [0, 0.1) is 0 Å². The molecule has 0 spiro atoms. The molecule has 2 heterocycles. The van der Waals surface area contributed by atoms with Gasteiger partial charge in [-0.3, -0.25) is 9.89 Å². The number of carbonyl (C=O) groups excluding carboxylic acids is 1. The highest BCUT2D eigenvalue weighted by Gasteiger charge is 2.17. The average Bonchev–Trinajstić information content (AvgIpc) is 2.87. The van der Waals surface area contributed by atoms with Gasteiger partial charge in [0.2, 0.25) is 0 Å². The van der Waals surface area contributed by atoms with Crippen LogP contribution < -0.4 is 5.32 Å². The second-order valence-corrected chi connectivity index (χ2v) is 4.56. The maximum absolute atomic E-state index is 12.1. The molecular formula is C13H15N3O2. The number of hydrogen-bond donors (Lipinski definition) is 2. The van der Waals surface area contributed by atoms with Crippen molar-refractivity contribution < 1.29 is 9.53 Å². The molecule has 1 aromatic carbocycles. The lowest BCUT2D eigenvalue weighted by atomic mass is 10.1. The summed E-state index contributed by atoms with van der Waals surface area (Å²) in [5.74, 6) is -0.0537. The van der Waals surface area contributed by atoms with Crippen LogP contribution in [0.1, 0.15) is 23.2 Å². The standard InChI is InChI=1S/C13H15N3O2/c17-13(15-11-2-1-5-18-8-11)9-3-4-10-7-14-16-12(10)6-9/h3-4,6-7,11H,1-2,5,8H2,(H,14,16)(H,15,17). The van der Waals surface area contributed by atoms with Gasteiger partial charge in [-0.25, -0.2) is 0 Å². The first-order chi connectivity index (χ1) is 8.83. The molecule has 1 amide bonds. The molecule has 2 aromatic rings. The van der Waals surface area contributed by atoms with Crippen LogP contribution in [0.15, 0.2) is 24.4 Å². The van der Waals surface area contributed by atoms with Gasteiger partial charge in [-0.1, -0.05) is 6.07 Å². The molecule has 5 heteroatoms. The number of benzene rings is 1. The molecule has 3 rings (SSSR count). The number of rotatable bonds is 2. The summed E-state index contributed by atoms with van der Waals surface area (Å²) in [6.45, 7) is 1.41. The fraction of sp³-hybridized carbons (Fsp3) is 0.385. The van der Waals surface area contributed by atoms with Crippen LogP contribution in [0.5, 0.6) is 0 Å². The summed E-state index contributed by atoms with van der Waals surface area (Å²) in [7, 11) is 0. The first-order valence-electron chi connectivity index (χ1n) is 6.15. The highest BCUT2D eigenvalue weighted by molar-refractivity contribution is 5.97. The van der Waals surface area contributed by atoms with Gasteiger partial charge in [0.05, 0.1) is 24.4 Å². The molecular weight excluding hydrogens is 230 g/mol. The third-order valence-electron chi connectivity index (χ3n) is 3.20. The van der Waals surface area contributed by atoms with Crippen molar-refractivity contribution in [2.24, 2.45) is 0 Å². The molecule has 2 N–H and O–H groups in total. The van der Waals surface area contributed by atoms with Crippen molar-refractivity contribution in [3.63, 3.8) is 0 Å². The zero-order valence-electron chi connectivity index (χ0n) is 9.98. The third kappa shape index (κ3) is 2.22. The smallest absolute Gasteiger partial charge is 0.251 e.